The van der Waals surface area contributed by atoms with E-state index in [4.69, 9.17) is 9.84 Å². The largest absolute Gasteiger partial charge is 0.478 e. The van der Waals surface area contributed by atoms with E-state index in [1.807, 2.05) is 24.3 Å². The summed E-state index contributed by atoms with van der Waals surface area (Å²) < 4.78 is 5.35. The molecule has 2 aromatic rings. The zero-order chi connectivity index (χ0) is 28.2. The predicted molar refractivity (Wildman–Crippen MR) is 147 cm³/mol. The molecular formula is C29H36N4O6. The minimum Gasteiger partial charge on any atom is -0.478 e. The van der Waals surface area contributed by atoms with Crippen LogP contribution >= 0.6 is 0 Å². The van der Waals surface area contributed by atoms with Gasteiger partial charge in [0.05, 0.1) is 12.1 Å². The molecule has 1 atom stereocenters. The van der Waals surface area contributed by atoms with Crippen LogP contribution in [0, 0.1) is 5.92 Å². The molecule has 10 heteroatoms. The molecule has 1 unspecified atom stereocenters. The Hall–Kier alpha value is -3.92. The Morgan fingerprint density at radius 2 is 1.69 bits per heavy atom. The maximum atomic E-state index is 13.2. The van der Waals surface area contributed by atoms with Crippen molar-refractivity contribution in [1.82, 2.24) is 10.2 Å². The van der Waals surface area contributed by atoms with E-state index in [0.717, 1.165) is 30.3 Å². The number of carboxylic acids is 1. The fraction of sp³-hybridized carbons (Fsp3) is 0.448. The van der Waals surface area contributed by atoms with Crippen molar-refractivity contribution in [2.45, 2.75) is 51.7 Å². The van der Waals surface area contributed by atoms with Crippen molar-refractivity contribution >= 4 is 35.3 Å². The van der Waals surface area contributed by atoms with E-state index in [1.165, 1.54) is 37.1 Å². The second kappa shape index (κ2) is 11.9. The van der Waals surface area contributed by atoms with Gasteiger partial charge in [-0.05, 0) is 81.5 Å². The van der Waals surface area contributed by atoms with E-state index in [2.05, 4.69) is 15.5 Å². The Morgan fingerprint density at radius 1 is 1.03 bits per heavy atom. The third-order valence-corrected chi connectivity index (χ3v) is 6.61. The molecule has 3 amide bonds. The lowest BCUT2D eigenvalue weighted by molar-refractivity contribution is -0.121. The summed E-state index contributed by atoms with van der Waals surface area (Å²) in [5.74, 6) is -0.725. The first-order valence-electron chi connectivity index (χ1n) is 13.2. The molecule has 1 saturated heterocycles. The first kappa shape index (κ1) is 28.1. The van der Waals surface area contributed by atoms with Crippen LogP contribution in [0.25, 0.3) is 0 Å². The molecule has 1 saturated carbocycles. The van der Waals surface area contributed by atoms with Crippen LogP contribution in [-0.2, 0) is 20.7 Å². The molecule has 2 aliphatic rings. The van der Waals surface area contributed by atoms with Crippen LogP contribution in [0.4, 0.5) is 16.2 Å². The number of hydrogen-bond acceptors (Lipinski definition) is 6. The van der Waals surface area contributed by atoms with E-state index in [0.29, 0.717) is 18.8 Å². The molecule has 1 aliphatic heterocycles. The number of rotatable bonds is 9. The normalized spacial score (nSPS) is 16.9. The summed E-state index contributed by atoms with van der Waals surface area (Å²) in [6, 6.07) is 12.2. The average molecular weight is 537 g/mol. The highest BCUT2D eigenvalue weighted by Crippen LogP contribution is 2.30. The van der Waals surface area contributed by atoms with Crippen LogP contribution in [-0.4, -0.2) is 71.7 Å². The zero-order valence-corrected chi connectivity index (χ0v) is 22.6. The number of nitrogens with one attached hydrogen (secondary N) is 2. The Morgan fingerprint density at radius 3 is 2.26 bits per heavy atom. The molecule has 1 aliphatic carbocycles. The molecule has 208 valence electrons. The van der Waals surface area contributed by atoms with Gasteiger partial charge < -0.3 is 25.4 Å². The first-order valence-corrected chi connectivity index (χ1v) is 13.2. The third kappa shape index (κ3) is 8.28. The number of hydrogen-bond donors (Lipinski definition) is 3. The fourth-order valence-electron chi connectivity index (χ4n) is 4.45. The van der Waals surface area contributed by atoms with Crippen LogP contribution in [0.1, 0.15) is 49.5 Å². The maximum Gasteiger partial charge on any atom is 0.408 e. The summed E-state index contributed by atoms with van der Waals surface area (Å²) in [6.45, 7) is 8.10. The minimum atomic E-state index is -1.07. The van der Waals surface area contributed by atoms with Crippen LogP contribution in [0.3, 0.4) is 0 Å². The molecule has 0 radical (unpaired) electrons. The lowest BCUT2D eigenvalue weighted by atomic mass is 10.0. The number of carboxylic acid groups (broad SMARTS) is 1. The molecule has 10 nitrogen and oxygen atoms in total. The Kier molecular flexibility index (Phi) is 8.54. The van der Waals surface area contributed by atoms with Crippen LogP contribution in [0.15, 0.2) is 48.5 Å². The summed E-state index contributed by atoms with van der Waals surface area (Å²) in [6.07, 6.45) is 1.97. The minimum absolute atomic E-state index is 0.0763. The lowest BCUT2D eigenvalue weighted by Gasteiger charge is -2.34. The van der Waals surface area contributed by atoms with Gasteiger partial charge in [-0.1, -0.05) is 12.1 Å². The van der Waals surface area contributed by atoms with E-state index in [-0.39, 0.29) is 17.9 Å². The van der Waals surface area contributed by atoms with Crippen molar-refractivity contribution in [3.8, 4) is 0 Å². The van der Waals surface area contributed by atoms with Crippen LogP contribution in [0.5, 0.6) is 0 Å². The van der Waals surface area contributed by atoms with Gasteiger partial charge >= 0.3 is 12.1 Å². The van der Waals surface area contributed by atoms with Gasteiger partial charge in [0.25, 0.3) is 0 Å². The molecule has 1 heterocycles. The Bertz CT molecular complexity index is 1200. The molecule has 3 N–H and O–H groups in total. The van der Waals surface area contributed by atoms with Gasteiger partial charge in [-0.15, -0.1) is 0 Å². The fourth-order valence-corrected chi connectivity index (χ4v) is 4.45. The summed E-state index contributed by atoms with van der Waals surface area (Å²) in [4.78, 5) is 53.5. The van der Waals surface area contributed by atoms with Gasteiger partial charge in [0.1, 0.15) is 11.6 Å². The van der Waals surface area contributed by atoms with E-state index < -0.39 is 29.6 Å². The van der Waals surface area contributed by atoms with E-state index in [9.17, 15) is 19.2 Å². The highest BCUT2D eigenvalue weighted by atomic mass is 16.6. The van der Waals surface area contributed by atoms with Crippen molar-refractivity contribution in [1.29, 1.82) is 0 Å². The number of amides is 3. The number of alkyl carbamates (subject to hydrolysis) is 1. The molecule has 39 heavy (non-hydrogen) atoms. The highest BCUT2D eigenvalue weighted by molar-refractivity contribution is 5.97. The molecule has 2 aromatic carbocycles. The topological polar surface area (TPSA) is 128 Å². The number of carbonyl (C=O) groups excluding carboxylic acids is 3. The van der Waals surface area contributed by atoms with E-state index >= 15 is 0 Å². The number of aromatic carboxylic acids is 1. The van der Waals surface area contributed by atoms with Crippen LogP contribution in [0.2, 0.25) is 0 Å². The van der Waals surface area contributed by atoms with Gasteiger partial charge in [-0.2, -0.15) is 0 Å². The van der Waals surface area contributed by atoms with Crippen molar-refractivity contribution in [2.75, 3.05) is 36.4 Å². The number of piperazine rings is 1. The lowest BCUT2D eigenvalue weighted by Crippen LogP contribution is -2.51. The quantitative estimate of drug-likeness (QED) is 0.447. The van der Waals surface area contributed by atoms with Crippen molar-refractivity contribution in [3.05, 3.63) is 59.7 Å². The molecule has 0 aromatic heterocycles. The van der Waals surface area contributed by atoms with Gasteiger partial charge in [0.15, 0.2) is 0 Å². The standard InChI is InChI=1S/C29H36N4O6/c1-29(2,3)39-28(38)31-24(26(35)30-22-10-8-21(9-11-22)27(36)37)16-19-6-12-23(13-7-19)33-15-14-32(18-25(33)34)17-20-4-5-20/h6-13,20,24H,4-5,14-18H2,1-3H3,(H,30,35)(H,31,38)(H,36,37). The van der Waals surface area contributed by atoms with Gasteiger partial charge in [0.2, 0.25) is 11.8 Å². The number of nitrogens with zero attached hydrogens (tertiary/aromatic N) is 2. The van der Waals surface area contributed by atoms with Gasteiger partial charge in [-0.25, -0.2) is 9.59 Å². The van der Waals surface area contributed by atoms with Crippen molar-refractivity contribution in [2.24, 2.45) is 5.92 Å². The number of ether oxygens (including phenoxy) is 1. The molecule has 4 rings (SSSR count). The monoisotopic (exact) mass is 536 g/mol. The predicted octanol–water partition coefficient (Wildman–Crippen LogP) is 3.52. The summed E-state index contributed by atoms with van der Waals surface area (Å²) in [7, 11) is 0. The third-order valence-electron chi connectivity index (χ3n) is 6.61. The number of carbonyl (C=O) groups is 4. The Balaban J connectivity index is 1.42. The second-order valence-corrected chi connectivity index (χ2v) is 11.2. The maximum absolute atomic E-state index is 13.2. The van der Waals surface area contributed by atoms with Crippen molar-refractivity contribution < 1.29 is 29.0 Å². The SMILES string of the molecule is CC(C)(C)OC(=O)NC(Cc1ccc(N2CCN(CC3CC3)CC2=O)cc1)C(=O)Nc1ccc(C(=O)O)cc1. The highest BCUT2D eigenvalue weighted by Gasteiger charge is 2.30. The number of benzene rings is 2. The van der Waals surface area contributed by atoms with Crippen molar-refractivity contribution in [3.63, 3.8) is 0 Å². The van der Waals surface area contributed by atoms with Gasteiger partial charge in [0, 0.05) is 37.4 Å². The molecular weight excluding hydrogens is 500 g/mol. The molecule has 0 bridgehead atoms. The summed E-state index contributed by atoms with van der Waals surface area (Å²) in [5.41, 5.74) is 1.34. The molecule has 2 fully saturated rings. The van der Waals surface area contributed by atoms with Gasteiger partial charge in [-0.3, -0.25) is 14.5 Å². The Labute approximate surface area is 228 Å². The number of anilines is 2. The molecule has 0 spiro atoms. The summed E-state index contributed by atoms with van der Waals surface area (Å²) in [5, 5.41) is 14.5. The summed E-state index contributed by atoms with van der Waals surface area (Å²) >= 11 is 0. The smallest absolute Gasteiger partial charge is 0.408 e. The second-order valence-electron chi connectivity index (χ2n) is 11.2. The van der Waals surface area contributed by atoms with E-state index in [1.54, 1.807) is 25.7 Å². The zero-order valence-electron chi connectivity index (χ0n) is 22.6. The van der Waals surface area contributed by atoms with Crippen LogP contribution < -0.4 is 15.5 Å². The first-order chi connectivity index (χ1) is 18.5. The average Bonchev–Trinajstić information content (AvgIpc) is 3.67.